The predicted molar refractivity (Wildman–Crippen MR) is 69.6 cm³/mol. The number of hydrogen-bond acceptors (Lipinski definition) is 3. The lowest BCUT2D eigenvalue weighted by Crippen LogP contribution is -2.62. The Morgan fingerprint density at radius 2 is 2.17 bits per heavy atom. The summed E-state index contributed by atoms with van der Waals surface area (Å²) in [5, 5.41) is 12.2. The summed E-state index contributed by atoms with van der Waals surface area (Å²) >= 11 is 0. The number of rotatable bonds is 7. The fraction of sp³-hybridized carbons (Fsp3) is 0.929. The van der Waals surface area contributed by atoms with Gasteiger partial charge in [0.25, 0.3) is 0 Å². The molecule has 2 rings (SSSR count). The van der Waals surface area contributed by atoms with Crippen molar-refractivity contribution in [3.05, 3.63) is 0 Å². The molecule has 0 bridgehead atoms. The summed E-state index contributed by atoms with van der Waals surface area (Å²) in [5.41, 5.74) is 0.360. The first-order chi connectivity index (χ1) is 8.69. The lowest BCUT2D eigenvalue weighted by atomic mass is 9.60. The first-order valence-electron chi connectivity index (χ1n) is 7.26. The maximum Gasteiger partial charge on any atom is 0.303 e. The SMILES string of the molecule is CCOC1CC(NCCCC(=O)O)C12CCCC2. The van der Waals surface area contributed by atoms with E-state index in [4.69, 9.17) is 9.84 Å². The molecule has 0 heterocycles. The summed E-state index contributed by atoms with van der Waals surface area (Å²) in [5.74, 6) is -0.701. The Bertz CT molecular complexity index is 287. The molecule has 2 aliphatic rings. The van der Waals surface area contributed by atoms with E-state index in [1.165, 1.54) is 25.7 Å². The van der Waals surface area contributed by atoms with Crippen LogP contribution in [0.2, 0.25) is 0 Å². The highest BCUT2D eigenvalue weighted by Crippen LogP contribution is 2.54. The summed E-state index contributed by atoms with van der Waals surface area (Å²) < 4.78 is 5.86. The first-order valence-corrected chi connectivity index (χ1v) is 7.26. The van der Waals surface area contributed by atoms with E-state index in [9.17, 15) is 4.79 Å². The minimum atomic E-state index is -0.701. The number of carboxylic acids is 1. The summed E-state index contributed by atoms with van der Waals surface area (Å²) in [6.07, 6.45) is 7.70. The molecule has 2 atom stereocenters. The maximum absolute atomic E-state index is 10.5. The molecule has 1 spiro atoms. The van der Waals surface area contributed by atoms with E-state index in [2.05, 4.69) is 12.2 Å². The number of hydrogen-bond donors (Lipinski definition) is 2. The number of carboxylic acid groups (broad SMARTS) is 1. The molecule has 2 saturated carbocycles. The van der Waals surface area contributed by atoms with Crippen molar-refractivity contribution >= 4 is 5.97 Å². The average Bonchev–Trinajstić information content (AvgIpc) is 2.83. The lowest BCUT2D eigenvalue weighted by molar-refractivity contribution is -0.137. The molecule has 4 nitrogen and oxygen atoms in total. The van der Waals surface area contributed by atoms with Gasteiger partial charge in [0.05, 0.1) is 6.10 Å². The van der Waals surface area contributed by atoms with Crippen LogP contribution in [0, 0.1) is 5.41 Å². The Kier molecular flexibility index (Phi) is 4.62. The Morgan fingerprint density at radius 1 is 1.44 bits per heavy atom. The van der Waals surface area contributed by atoms with Crippen molar-refractivity contribution in [1.82, 2.24) is 5.32 Å². The van der Waals surface area contributed by atoms with Gasteiger partial charge in [-0.25, -0.2) is 0 Å². The summed E-state index contributed by atoms with van der Waals surface area (Å²) in [6.45, 7) is 3.69. The third-order valence-corrected chi connectivity index (χ3v) is 4.65. The van der Waals surface area contributed by atoms with Gasteiger partial charge < -0.3 is 15.2 Å². The molecule has 2 aliphatic carbocycles. The van der Waals surface area contributed by atoms with Crippen molar-refractivity contribution < 1.29 is 14.6 Å². The van der Waals surface area contributed by atoms with E-state index >= 15 is 0 Å². The van der Waals surface area contributed by atoms with Gasteiger partial charge in [0.15, 0.2) is 0 Å². The van der Waals surface area contributed by atoms with E-state index in [0.29, 0.717) is 17.6 Å². The molecular weight excluding hydrogens is 230 g/mol. The minimum absolute atomic E-state index is 0.265. The molecule has 2 fully saturated rings. The van der Waals surface area contributed by atoms with Gasteiger partial charge in [-0.05, 0) is 39.2 Å². The number of carbonyl (C=O) groups is 1. The third kappa shape index (κ3) is 2.69. The van der Waals surface area contributed by atoms with E-state index in [1.54, 1.807) is 0 Å². The van der Waals surface area contributed by atoms with Gasteiger partial charge >= 0.3 is 5.97 Å². The molecule has 2 unspecified atom stereocenters. The second-order valence-electron chi connectivity index (χ2n) is 5.62. The van der Waals surface area contributed by atoms with Gasteiger partial charge in [-0.15, -0.1) is 0 Å². The standard InChI is InChI=1S/C14H25NO3/c1-2-18-12-10-11(14(12)7-3-4-8-14)15-9-5-6-13(16)17/h11-12,15H,2-10H2,1H3,(H,16,17). The highest BCUT2D eigenvalue weighted by Gasteiger charge is 2.56. The van der Waals surface area contributed by atoms with Crippen LogP contribution in [-0.4, -0.2) is 36.4 Å². The second-order valence-corrected chi connectivity index (χ2v) is 5.62. The van der Waals surface area contributed by atoms with Gasteiger partial charge in [-0.1, -0.05) is 12.8 Å². The van der Waals surface area contributed by atoms with Crippen molar-refractivity contribution in [2.75, 3.05) is 13.2 Å². The van der Waals surface area contributed by atoms with Gasteiger partial charge in [0.1, 0.15) is 0 Å². The zero-order chi connectivity index (χ0) is 13.0. The van der Waals surface area contributed by atoms with Crippen LogP contribution in [0.4, 0.5) is 0 Å². The van der Waals surface area contributed by atoms with Gasteiger partial charge in [-0.2, -0.15) is 0 Å². The fourth-order valence-corrected chi connectivity index (χ4v) is 3.69. The highest BCUT2D eigenvalue weighted by atomic mass is 16.5. The number of ether oxygens (including phenoxy) is 1. The molecule has 0 aromatic carbocycles. The average molecular weight is 255 g/mol. The monoisotopic (exact) mass is 255 g/mol. The van der Waals surface area contributed by atoms with Gasteiger partial charge in [0.2, 0.25) is 0 Å². The Labute approximate surface area is 109 Å². The van der Waals surface area contributed by atoms with E-state index in [0.717, 1.165) is 26.0 Å². The largest absolute Gasteiger partial charge is 0.481 e. The van der Waals surface area contributed by atoms with E-state index in [-0.39, 0.29) is 6.42 Å². The molecule has 2 N–H and O–H groups in total. The second kappa shape index (κ2) is 6.02. The van der Waals surface area contributed by atoms with Crippen molar-refractivity contribution in [3.63, 3.8) is 0 Å². The highest BCUT2D eigenvalue weighted by molar-refractivity contribution is 5.66. The predicted octanol–water partition coefficient (Wildman–Crippen LogP) is 2.18. The molecule has 0 aliphatic heterocycles. The van der Waals surface area contributed by atoms with Crippen molar-refractivity contribution in [1.29, 1.82) is 0 Å². The Hall–Kier alpha value is -0.610. The van der Waals surface area contributed by atoms with E-state index < -0.39 is 5.97 Å². The van der Waals surface area contributed by atoms with Crippen LogP contribution in [0.1, 0.15) is 51.9 Å². The van der Waals surface area contributed by atoms with Crippen molar-refractivity contribution in [3.8, 4) is 0 Å². The van der Waals surface area contributed by atoms with Crippen LogP contribution in [0.15, 0.2) is 0 Å². The molecule has 0 saturated heterocycles. The summed E-state index contributed by atoms with van der Waals surface area (Å²) in [4.78, 5) is 10.5. The number of nitrogens with one attached hydrogen (secondary N) is 1. The quantitative estimate of drug-likeness (QED) is 0.685. The smallest absolute Gasteiger partial charge is 0.303 e. The first kappa shape index (κ1) is 13.8. The Balaban J connectivity index is 1.77. The zero-order valence-corrected chi connectivity index (χ0v) is 11.3. The summed E-state index contributed by atoms with van der Waals surface area (Å²) in [6, 6.07) is 0.547. The molecule has 0 radical (unpaired) electrons. The molecule has 18 heavy (non-hydrogen) atoms. The van der Waals surface area contributed by atoms with Crippen LogP contribution in [0.3, 0.4) is 0 Å². The van der Waals surface area contributed by atoms with Gasteiger partial charge in [0, 0.05) is 24.5 Å². The van der Waals surface area contributed by atoms with Crippen LogP contribution < -0.4 is 5.32 Å². The van der Waals surface area contributed by atoms with Crippen LogP contribution >= 0.6 is 0 Å². The number of aliphatic carboxylic acids is 1. The topological polar surface area (TPSA) is 58.6 Å². The molecule has 0 aromatic heterocycles. The van der Waals surface area contributed by atoms with Crippen molar-refractivity contribution in [2.45, 2.75) is 64.0 Å². The van der Waals surface area contributed by atoms with Crippen LogP contribution in [-0.2, 0) is 9.53 Å². The lowest BCUT2D eigenvalue weighted by Gasteiger charge is -2.54. The maximum atomic E-state index is 10.5. The third-order valence-electron chi connectivity index (χ3n) is 4.65. The molecular formula is C14H25NO3. The Morgan fingerprint density at radius 3 is 2.78 bits per heavy atom. The van der Waals surface area contributed by atoms with Gasteiger partial charge in [-0.3, -0.25) is 4.79 Å². The molecule has 104 valence electrons. The summed E-state index contributed by atoms with van der Waals surface area (Å²) in [7, 11) is 0. The molecule has 0 amide bonds. The molecule has 4 heteroatoms. The normalized spacial score (nSPS) is 29.4. The van der Waals surface area contributed by atoms with Crippen LogP contribution in [0.25, 0.3) is 0 Å². The van der Waals surface area contributed by atoms with Crippen molar-refractivity contribution in [2.24, 2.45) is 5.41 Å². The van der Waals surface area contributed by atoms with E-state index in [1.807, 2.05) is 0 Å². The fourth-order valence-electron chi connectivity index (χ4n) is 3.69. The van der Waals surface area contributed by atoms with Crippen LogP contribution in [0.5, 0.6) is 0 Å². The zero-order valence-electron chi connectivity index (χ0n) is 11.3. The molecule has 0 aromatic rings. The minimum Gasteiger partial charge on any atom is -0.481 e.